The standard InChI is InChI=1S/C16H18N4O/c1-3-8-20-9-7-18-15(16(20)21)19(2)12-14-6-4-5-13(10-14)11-17/h4-7,9-10H,3,8,12H2,1-2H3. The number of hydrogen-bond acceptors (Lipinski definition) is 4. The number of anilines is 1. The van der Waals surface area contributed by atoms with Gasteiger partial charge in [-0.1, -0.05) is 19.1 Å². The van der Waals surface area contributed by atoms with E-state index < -0.39 is 0 Å². The largest absolute Gasteiger partial charge is 0.351 e. The van der Waals surface area contributed by atoms with Gasteiger partial charge < -0.3 is 9.47 Å². The molecule has 0 saturated carbocycles. The second kappa shape index (κ2) is 6.71. The summed E-state index contributed by atoms with van der Waals surface area (Å²) < 4.78 is 1.67. The van der Waals surface area contributed by atoms with E-state index in [0.717, 1.165) is 12.0 Å². The van der Waals surface area contributed by atoms with E-state index in [1.807, 2.05) is 37.1 Å². The van der Waals surface area contributed by atoms with E-state index >= 15 is 0 Å². The first-order chi connectivity index (χ1) is 10.2. The summed E-state index contributed by atoms with van der Waals surface area (Å²) in [7, 11) is 1.83. The zero-order chi connectivity index (χ0) is 15.2. The van der Waals surface area contributed by atoms with E-state index in [0.29, 0.717) is 24.5 Å². The summed E-state index contributed by atoms with van der Waals surface area (Å²) in [6.07, 6.45) is 4.26. The molecule has 0 atom stereocenters. The molecule has 0 unspecified atom stereocenters. The zero-order valence-corrected chi connectivity index (χ0v) is 12.3. The van der Waals surface area contributed by atoms with Gasteiger partial charge in [0.2, 0.25) is 0 Å². The average molecular weight is 282 g/mol. The molecule has 0 radical (unpaired) electrons. The van der Waals surface area contributed by atoms with E-state index in [1.165, 1.54) is 0 Å². The molecular weight excluding hydrogens is 264 g/mol. The van der Waals surface area contributed by atoms with Crippen molar-refractivity contribution in [2.45, 2.75) is 26.4 Å². The molecule has 0 aliphatic rings. The smallest absolute Gasteiger partial charge is 0.293 e. The molecule has 0 aliphatic heterocycles. The van der Waals surface area contributed by atoms with Crippen LogP contribution in [0.4, 0.5) is 5.82 Å². The maximum atomic E-state index is 12.3. The molecular formula is C16H18N4O. The molecule has 108 valence electrons. The van der Waals surface area contributed by atoms with E-state index in [-0.39, 0.29) is 5.56 Å². The van der Waals surface area contributed by atoms with Crippen LogP contribution in [0.5, 0.6) is 0 Å². The monoisotopic (exact) mass is 282 g/mol. The highest BCUT2D eigenvalue weighted by atomic mass is 16.1. The van der Waals surface area contributed by atoms with Crippen molar-refractivity contribution in [3.8, 4) is 6.07 Å². The van der Waals surface area contributed by atoms with Gasteiger partial charge in [0.05, 0.1) is 11.6 Å². The Kier molecular flexibility index (Phi) is 4.72. The predicted octanol–water partition coefficient (Wildman–Crippen LogP) is 2.16. The fraction of sp³-hybridized carbons (Fsp3) is 0.312. The molecule has 2 aromatic rings. The van der Waals surface area contributed by atoms with Gasteiger partial charge in [0, 0.05) is 32.5 Å². The van der Waals surface area contributed by atoms with Crippen LogP contribution in [0.25, 0.3) is 0 Å². The van der Waals surface area contributed by atoms with Gasteiger partial charge in [-0.25, -0.2) is 4.98 Å². The third kappa shape index (κ3) is 3.48. The first-order valence-corrected chi connectivity index (χ1v) is 6.91. The van der Waals surface area contributed by atoms with Crippen molar-refractivity contribution >= 4 is 5.82 Å². The Hall–Kier alpha value is -2.61. The lowest BCUT2D eigenvalue weighted by molar-refractivity contribution is 0.644. The van der Waals surface area contributed by atoms with Crippen LogP contribution in [0.3, 0.4) is 0 Å². The molecule has 1 heterocycles. The molecule has 0 spiro atoms. The third-order valence-corrected chi connectivity index (χ3v) is 3.20. The van der Waals surface area contributed by atoms with Crippen LogP contribution in [0, 0.1) is 11.3 Å². The minimum Gasteiger partial charge on any atom is -0.351 e. The van der Waals surface area contributed by atoms with Crippen molar-refractivity contribution < 1.29 is 0 Å². The lowest BCUT2D eigenvalue weighted by Crippen LogP contribution is -2.30. The summed E-state index contributed by atoms with van der Waals surface area (Å²) >= 11 is 0. The number of rotatable bonds is 5. The molecule has 2 rings (SSSR count). The summed E-state index contributed by atoms with van der Waals surface area (Å²) in [6.45, 7) is 3.25. The quantitative estimate of drug-likeness (QED) is 0.843. The normalized spacial score (nSPS) is 10.1. The minimum absolute atomic E-state index is 0.0849. The van der Waals surface area contributed by atoms with Crippen LogP contribution in [-0.4, -0.2) is 16.6 Å². The molecule has 1 aromatic heterocycles. The summed E-state index contributed by atoms with van der Waals surface area (Å²) in [5.74, 6) is 0.424. The Labute approximate surface area is 124 Å². The Morgan fingerprint density at radius 3 is 2.95 bits per heavy atom. The van der Waals surface area contributed by atoms with Crippen LogP contribution >= 0.6 is 0 Å². The maximum Gasteiger partial charge on any atom is 0.293 e. The lowest BCUT2D eigenvalue weighted by Gasteiger charge is -2.18. The second-order valence-electron chi connectivity index (χ2n) is 4.92. The van der Waals surface area contributed by atoms with Gasteiger partial charge in [-0.15, -0.1) is 0 Å². The highest BCUT2D eigenvalue weighted by Crippen LogP contribution is 2.10. The molecule has 5 heteroatoms. The number of aromatic nitrogens is 2. The van der Waals surface area contributed by atoms with Crippen molar-refractivity contribution in [1.29, 1.82) is 5.26 Å². The van der Waals surface area contributed by atoms with Crippen LogP contribution in [0.15, 0.2) is 41.5 Å². The van der Waals surface area contributed by atoms with E-state index in [2.05, 4.69) is 11.1 Å². The lowest BCUT2D eigenvalue weighted by atomic mass is 10.1. The van der Waals surface area contributed by atoms with Crippen molar-refractivity contribution in [2.75, 3.05) is 11.9 Å². The third-order valence-electron chi connectivity index (χ3n) is 3.20. The molecule has 21 heavy (non-hydrogen) atoms. The fourth-order valence-electron chi connectivity index (χ4n) is 2.20. The van der Waals surface area contributed by atoms with Gasteiger partial charge in [0.15, 0.2) is 5.82 Å². The predicted molar refractivity (Wildman–Crippen MR) is 82.1 cm³/mol. The number of hydrogen-bond donors (Lipinski definition) is 0. The number of nitrogens with zero attached hydrogens (tertiary/aromatic N) is 4. The van der Waals surface area contributed by atoms with Crippen LogP contribution in [0.1, 0.15) is 24.5 Å². The molecule has 1 aromatic carbocycles. The summed E-state index contributed by atoms with van der Waals surface area (Å²) in [4.78, 5) is 18.3. The van der Waals surface area contributed by atoms with Gasteiger partial charge in [-0.3, -0.25) is 4.79 Å². The first-order valence-electron chi connectivity index (χ1n) is 6.91. The zero-order valence-electron chi connectivity index (χ0n) is 12.3. The first kappa shape index (κ1) is 14.8. The highest BCUT2D eigenvalue weighted by Gasteiger charge is 2.10. The molecule has 0 fully saturated rings. The molecule has 0 aliphatic carbocycles. The van der Waals surface area contributed by atoms with E-state index in [9.17, 15) is 4.79 Å². The van der Waals surface area contributed by atoms with Gasteiger partial charge in [-0.2, -0.15) is 5.26 Å². The SMILES string of the molecule is CCCn1ccnc(N(C)Cc2cccc(C#N)c2)c1=O. The Balaban J connectivity index is 2.24. The number of nitriles is 1. The van der Waals surface area contributed by atoms with Gasteiger partial charge in [0.25, 0.3) is 5.56 Å². The fourth-order valence-corrected chi connectivity index (χ4v) is 2.20. The van der Waals surface area contributed by atoms with Gasteiger partial charge in [0.1, 0.15) is 0 Å². The Morgan fingerprint density at radius 1 is 1.43 bits per heavy atom. The maximum absolute atomic E-state index is 12.3. The van der Waals surface area contributed by atoms with Crippen molar-refractivity contribution in [3.63, 3.8) is 0 Å². The molecule has 0 saturated heterocycles. The number of aryl methyl sites for hydroxylation is 1. The van der Waals surface area contributed by atoms with Gasteiger partial charge in [-0.05, 0) is 24.1 Å². The minimum atomic E-state index is -0.0849. The summed E-state index contributed by atoms with van der Waals surface area (Å²) in [5.41, 5.74) is 1.51. The highest BCUT2D eigenvalue weighted by molar-refractivity contribution is 5.38. The molecule has 0 bridgehead atoms. The van der Waals surface area contributed by atoms with Crippen LogP contribution in [-0.2, 0) is 13.1 Å². The van der Waals surface area contributed by atoms with Crippen molar-refractivity contribution in [1.82, 2.24) is 9.55 Å². The molecule has 5 nitrogen and oxygen atoms in total. The van der Waals surface area contributed by atoms with Crippen molar-refractivity contribution in [2.24, 2.45) is 0 Å². The Morgan fingerprint density at radius 2 is 2.24 bits per heavy atom. The van der Waals surface area contributed by atoms with Crippen molar-refractivity contribution in [3.05, 3.63) is 58.1 Å². The van der Waals surface area contributed by atoms with Gasteiger partial charge >= 0.3 is 0 Å². The average Bonchev–Trinajstić information content (AvgIpc) is 2.49. The summed E-state index contributed by atoms with van der Waals surface area (Å²) in [5, 5.41) is 8.92. The molecule has 0 amide bonds. The van der Waals surface area contributed by atoms with Crippen LogP contribution < -0.4 is 10.5 Å². The second-order valence-corrected chi connectivity index (χ2v) is 4.92. The van der Waals surface area contributed by atoms with E-state index in [1.54, 1.807) is 23.0 Å². The summed E-state index contributed by atoms with van der Waals surface area (Å²) in [6, 6.07) is 9.48. The van der Waals surface area contributed by atoms with E-state index in [4.69, 9.17) is 5.26 Å². The number of benzene rings is 1. The van der Waals surface area contributed by atoms with Crippen LogP contribution in [0.2, 0.25) is 0 Å². The Bertz CT molecular complexity index is 715. The molecule has 0 N–H and O–H groups in total. The topological polar surface area (TPSA) is 61.9 Å².